The van der Waals surface area contributed by atoms with Gasteiger partial charge in [0.25, 0.3) is 5.91 Å². The van der Waals surface area contributed by atoms with Gasteiger partial charge in [-0.15, -0.1) is 0 Å². The Labute approximate surface area is 125 Å². The molecule has 0 aromatic heterocycles. The van der Waals surface area contributed by atoms with Crippen molar-refractivity contribution < 1.29 is 27.9 Å². The number of halogens is 3. The number of amides is 1. The summed E-state index contributed by atoms with van der Waals surface area (Å²) in [6, 6.07) is 3.08. The van der Waals surface area contributed by atoms with Gasteiger partial charge in [0.1, 0.15) is 6.04 Å². The lowest BCUT2D eigenvalue weighted by molar-refractivity contribution is -0.164. The molecule has 4 nitrogen and oxygen atoms in total. The van der Waals surface area contributed by atoms with Crippen LogP contribution in [0.5, 0.6) is 0 Å². The fourth-order valence-corrected chi connectivity index (χ4v) is 2.78. The molecule has 0 bridgehead atoms. The van der Waals surface area contributed by atoms with E-state index < -0.39 is 30.0 Å². The summed E-state index contributed by atoms with van der Waals surface area (Å²) in [7, 11) is 0. The van der Waals surface area contributed by atoms with Crippen LogP contribution in [0.2, 0.25) is 0 Å². The van der Waals surface area contributed by atoms with E-state index in [9.17, 15) is 22.8 Å². The molecule has 22 heavy (non-hydrogen) atoms. The molecule has 7 heteroatoms. The topological polar surface area (TPSA) is 66.4 Å². The van der Waals surface area contributed by atoms with Crippen LogP contribution >= 0.6 is 0 Å². The molecule has 1 aliphatic rings. The Hall–Kier alpha value is -2.05. The molecule has 1 aromatic carbocycles. The highest BCUT2D eigenvalue weighted by atomic mass is 19.4. The predicted octanol–water partition coefficient (Wildman–Crippen LogP) is 3.24. The first-order valence-electron chi connectivity index (χ1n) is 7.00. The highest BCUT2D eigenvalue weighted by molar-refractivity contribution is 5.97. The molecule has 0 saturated heterocycles. The smallest absolute Gasteiger partial charge is 0.408 e. The van der Waals surface area contributed by atoms with Crippen molar-refractivity contribution >= 4 is 11.9 Å². The Kier molecular flexibility index (Phi) is 4.73. The summed E-state index contributed by atoms with van der Waals surface area (Å²) in [5.74, 6) is -2.76. The molecule has 1 amide bonds. The van der Waals surface area contributed by atoms with E-state index >= 15 is 0 Å². The Morgan fingerprint density at radius 2 is 1.77 bits per heavy atom. The highest BCUT2D eigenvalue weighted by Gasteiger charge is 2.46. The number of alkyl halides is 3. The van der Waals surface area contributed by atoms with E-state index in [2.05, 4.69) is 0 Å². The Bertz CT molecular complexity index is 565. The van der Waals surface area contributed by atoms with Crippen molar-refractivity contribution in [2.75, 3.05) is 0 Å². The molecule has 1 aliphatic carbocycles. The number of nitrogens with one attached hydrogen (secondary N) is 1. The lowest BCUT2D eigenvalue weighted by Crippen LogP contribution is -2.49. The van der Waals surface area contributed by atoms with E-state index in [4.69, 9.17) is 5.11 Å². The standard InChI is InChI=1S/C15H16F3NO3/c16-15(17,18)12(9-4-1-2-5-9)19-13(20)10-6-3-7-11(8-10)14(21)22/h3,6-9,12H,1-2,4-5H2,(H,19,20)(H,21,22). The normalized spacial score (nSPS) is 17.2. The van der Waals surface area contributed by atoms with Gasteiger partial charge in [0.15, 0.2) is 0 Å². The van der Waals surface area contributed by atoms with Crippen molar-refractivity contribution in [3.63, 3.8) is 0 Å². The van der Waals surface area contributed by atoms with Gasteiger partial charge in [0, 0.05) is 5.56 Å². The molecule has 120 valence electrons. The number of carbonyl (C=O) groups is 2. The maximum atomic E-state index is 13.1. The molecule has 0 heterocycles. The summed E-state index contributed by atoms with van der Waals surface area (Å²) < 4.78 is 39.4. The van der Waals surface area contributed by atoms with E-state index in [0.717, 1.165) is 18.9 Å². The van der Waals surface area contributed by atoms with Gasteiger partial charge in [-0.05, 0) is 37.0 Å². The molecule has 0 spiro atoms. The molecule has 2 N–H and O–H groups in total. The zero-order valence-electron chi connectivity index (χ0n) is 11.7. The number of hydrogen-bond acceptors (Lipinski definition) is 2. The Balaban J connectivity index is 2.17. The van der Waals surface area contributed by atoms with Crippen LogP contribution in [0.1, 0.15) is 46.4 Å². The molecule has 0 radical (unpaired) electrons. The fourth-order valence-electron chi connectivity index (χ4n) is 2.78. The molecule has 0 aliphatic heterocycles. The van der Waals surface area contributed by atoms with Crippen LogP contribution in [0.15, 0.2) is 24.3 Å². The van der Waals surface area contributed by atoms with Crippen LogP contribution in [-0.4, -0.2) is 29.2 Å². The van der Waals surface area contributed by atoms with Crippen LogP contribution in [-0.2, 0) is 0 Å². The second kappa shape index (κ2) is 6.37. The lowest BCUT2D eigenvalue weighted by Gasteiger charge is -2.27. The maximum absolute atomic E-state index is 13.1. The summed E-state index contributed by atoms with van der Waals surface area (Å²) in [6.07, 6.45) is -2.21. The second-order valence-electron chi connectivity index (χ2n) is 5.42. The van der Waals surface area contributed by atoms with Crippen molar-refractivity contribution in [2.24, 2.45) is 5.92 Å². The van der Waals surface area contributed by atoms with Crippen LogP contribution in [0.4, 0.5) is 13.2 Å². The number of carboxylic acids is 1. The largest absolute Gasteiger partial charge is 0.478 e. The van der Waals surface area contributed by atoms with Crippen molar-refractivity contribution in [2.45, 2.75) is 37.9 Å². The number of hydrogen-bond donors (Lipinski definition) is 2. The summed E-state index contributed by atoms with van der Waals surface area (Å²) in [4.78, 5) is 22.9. The minimum atomic E-state index is -4.52. The second-order valence-corrected chi connectivity index (χ2v) is 5.42. The van der Waals surface area contributed by atoms with Gasteiger partial charge in [-0.1, -0.05) is 18.9 Å². The SMILES string of the molecule is O=C(O)c1cccc(C(=O)NC(C2CCCC2)C(F)(F)F)c1. The minimum absolute atomic E-state index is 0.0906. The molecular formula is C15H16F3NO3. The van der Waals surface area contributed by atoms with Crippen LogP contribution in [0.3, 0.4) is 0 Å². The minimum Gasteiger partial charge on any atom is -0.478 e. The third-order valence-corrected chi connectivity index (χ3v) is 3.88. The quantitative estimate of drug-likeness (QED) is 0.896. The van der Waals surface area contributed by atoms with E-state index in [0.29, 0.717) is 12.8 Å². The van der Waals surface area contributed by atoms with Gasteiger partial charge in [0.05, 0.1) is 5.56 Å². The molecule has 1 unspecified atom stereocenters. The van der Waals surface area contributed by atoms with Gasteiger partial charge < -0.3 is 10.4 Å². The zero-order valence-corrected chi connectivity index (χ0v) is 11.7. The lowest BCUT2D eigenvalue weighted by atomic mass is 9.97. The Morgan fingerprint density at radius 1 is 1.18 bits per heavy atom. The molecule has 1 aromatic rings. The third kappa shape index (κ3) is 3.78. The van der Waals surface area contributed by atoms with Gasteiger partial charge in [-0.3, -0.25) is 4.79 Å². The van der Waals surface area contributed by atoms with Crippen LogP contribution < -0.4 is 5.32 Å². The van der Waals surface area contributed by atoms with Gasteiger partial charge in [-0.2, -0.15) is 13.2 Å². The van der Waals surface area contributed by atoms with Gasteiger partial charge in [0.2, 0.25) is 0 Å². The number of carboxylic acid groups (broad SMARTS) is 1. The highest BCUT2D eigenvalue weighted by Crippen LogP contribution is 2.35. The average Bonchev–Trinajstić information content (AvgIpc) is 2.97. The number of benzene rings is 1. The number of carbonyl (C=O) groups excluding carboxylic acids is 1. The molecule has 1 fully saturated rings. The zero-order chi connectivity index (χ0) is 16.3. The fraction of sp³-hybridized carbons (Fsp3) is 0.467. The monoisotopic (exact) mass is 315 g/mol. The summed E-state index contributed by atoms with van der Waals surface area (Å²) in [5.41, 5.74) is -0.232. The van der Waals surface area contributed by atoms with Crippen molar-refractivity contribution in [1.82, 2.24) is 5.32 Å². The van der Waals surface area contributed by atoms with Crippen molar-refractivity contribution in [1.29, 1.82) is 0 Å². The molecule has 2 rings (SSSR count). The van der Waals surface area contributed by atoms with E-state index in [-0.39, 0.29) is 11.1 Å². The predicted molar refractivity (Wildman–Crippen MR) is 72.7 cm³/mol. The maximum Gasteiger partial charge on any atom is 0.408 e. The van der Waals surface area contributed by atoms with Gasteiger partial charge in [-0.25, -0.2) is 4.79 Å². The third-order valence-electron chi connectivity index (χ3n) is 3.88. The van der Waals surface area contributed by atoms with Gasteiger partial charge >= 0.3 is 12.1 Å². The first kappa shape index (κ1) is 16.3. The first-order chi connectivity index (χ1) is 10.3. The van der Waals surface area contributed by atoms with Crippen molar-refractivity contribution in [3.05, 3.63) is 35.4 Å². The number of aromatic carboxylic acids is 1. The van der Waals surface area contributed by atoms with E-state index in [1.54, 1.807) is 0 Å². The summed E-state index contributed by atoms with van der Waals surface area (Å²) in [6.45, 7) is 0. The first-order valence-corrected chi connectivity index (χ1v) is 7.00. The average molecular weight is 315 g/mol. The molecule has 1 atom stereocenters. The van der Waals surface area contributed by atoms with Crippen molar-refractivity contribution in [3.8, 4) is 0 Å². The Morgan fingerprint density at radius 3 is 2.32 bits per heavy atom. The summed E-state index contributed by atoms with van der Waals surface area (Å²) >= 11 is 0. The van der Waals surface area contributed by atoms with Crippen LogP contribution in [0, 0.1) is 5.92 Å². The summed E-state index contributed by atoms with van der Waals surface area (Å²) in [5, 5.41) is 10.9. The molecular weight excluding hydrogens is 299 g/mol. The number of rotatable bonds is 4. The van der Waals surface area contributed by atoms with Crippen LogP contribution in [0.25, 0.3) is 0 Å². The molecule has 1 saturated carbocycles. The van der Waals surface area contributed by atoms with E-state index in [1.807, 2.05) is 5.32 Å². The van der Waals surface area contributed by atoms with E-state index in [1.165, 1.54) is 18.2 Å².